The number of benzene rings is 1. The van der Waals surface area contributed by atoms with Crippen molar-refractivity contribution < 1.29 is 0 Å². The van der Waals surface area contributed by atoms with Crippen molar-refractivity contribution in [1.29, 1.82) is 0 Å². The van der Waals surface area contributed by atoms with E-state index in [4.69, 9.17) is 21.6 Å². The third kappa shape index (κ3) is 8.60. The predicted molar refractivity (Wildman–Crippen MR) is 175 cm³/mol. The molecule has 0 radical (unpaired) electrons. The van der Waals surface area contributed by atoms with Crippen LogP contribution in [0.4, 0.5) is 0 Å². The lowest BCUT2D eigenvalue weighted by molar-refractivity contribution is 0.283. The summed E-state index contributed by atoms with van der Waals surface area (Å²) >= 11 is 6.53. The van der Waals surface area contributed by atoms with Crippen LogP contribution in [-0.2, 0) is 6.42 Å². The van der Waals surface area contributed by atoms with Gasteiger partial charge in [-0.2, -0.15) is 0 Å². The number of amidine groups is 1. The van der Waals surface area contributed by atoms with Gasteiger partial charge in [-0.05, 0) is 95.6 Å². The van der Waals surface area contributed by atoms with Crippen molar-refractivity contribution in [3.05, 3.63) is 76.6 Å². The number of allylic oxidation sites excluding steroid dienone is 3. The van der Waals surface area contributed by atoms with Gasteiger partial charge in [-0.25, -0.2) is 4.99 Å². The van der Waals surface area contributed by atoms with E-state index in [1.54, 1.807) is 0 Å². The van der Waals surface area contributed by atoms with Crippen molar-refractivity contribution in [3.63, 3.8) is 0 Å². The van der Waals surface area contributed by atoms with Gasteiger partial charge in [0.15, 0.2) is 0 Å². The maximum Gasteiger partial charge on any atom is 0.128 e. The first-order chi connectivity index (χ1) is 19.1. The molecule has 0 amide bonds. The SMILES string of the molecule is C=C(CCc1ccc(Cl)cc1C(=C)N1CCCCC1C(/C=C(C)/N=C(\C=C(C)C)N1CCC1)=N/C)N(C)CCC. The normalized spacial score (nSPS) is 18.4. The molecule has 6 heteroatoms. The largest absolute Gasteiger partial charge is 0.378 e. The molecule has 0 aromatic heterocycles. The fraction of sp³-hybridized carbons (Fsp3) is 0.529. The fourth-order valence-electron chi connectivity index (χ4n) is 5.45. The minimum absolute atomic E-state index is 0.157. The molecule has 0 spiro atoms. The molecule has 1 unspecified atom stereocenters. The maximum absolute atomic E-state index is 6.53. The topological polar surface area (TPSA) is 34.4 Å². The van der Waals surface area contributed by atoms with E-state index in [1.807, 2.05) is 13.1 Å². The summed E-state index contributed by atoms with van der Waals surface area (Å²) in [5.74, 6) is 1.05. The number of hydrogen-bond acceptors (Lipinski definition) is 4. The van der Waals surface area contributed by atoms with Crippen LogP contribution in [0.5, 0.6) is 0 Å². The third-order valence-electron chi connectivity index (χ3n) is 7.86. The molecule has 218 valence electrons. The van der Waals surface area contributed by atoms with Crippen molar-refractivity contribution in [2.24, 2.45) is 9.98 Å². The Hall–Kier alpha value is -2.79. The minimum atomic E-state index is 0.157. The van der Waals surface area contributed by atoms with Crippen molar-refractivity contribution in [2.75, 3.05) is 40.3 Å². The van der Waals surface area contributed by atoms with Crippen molar-refractivity contribution in [1.82, 2.24) is 14.7 Å². The molecule has 1 aromatic carbocycles. The summed E-state index contributed by atoms with van der Waals surface area (Å²) in [6.07, 6.45) is 11.9. The van der Waals surface area contributed by atoms with Gasteiger partial charge in [0.05, 0.1) is 11.8 Å². The predicted octanol–water partition coefficient (Wildman–Crippen LogP) is 8.00. The summed E-state index contributed by atoms with van der Waals surface area (Å²) in [4.78, 5) is 16.8. The molecule has 2 saturated heterocycles. The molecule has 2 aliphatic heterocycles. The molecule has 40 heavy (non-hydrogen) atoms. The Kier molecular flexibility index (Phi) is 12.1. The van der Waals surface area contributed by atoms with Crippen LogP contribution in [0.25, 0.3) is 5.70 Å². The molecular weight excluding hydrogens is 514 g/mol. The summed E-state index contributed by atoms with van der Waals surface area (Å²) < 4.78 is 0. The lowest BCUT2D eigenvalue weighted by Gasteiger charge is -2.39. The van der Waals surface area contributed by atoms with Crippen LogP contribution in [-0.4, -0.2) is 72.6 Å². The molecule has 2 heterocycles. The van der Waals surface area contributed by atoms with Gasteiger partial charge in [0.2, 0.25) is 0 Å². The smallest absolute Gasteiger partial charge is 0.128 e. The van der Waals surface area contributed by atoms with E-state index in [0.717, 1.165) is 97.5 Å². The summed E-state index contributed by atoms with van der Waals surface area (Å²) in [5, 5.41) is 0.739. The third-order valence-corrected chi connectivity index (χ3v) is 8.09. The zero-order chi connectivity index (χ0) is 29.2. The average Bonchev–Trinajstić information content (AvgIpc) is 2.89. The molecule has 5 nitrogen and oxygen atoms in total. The number of piperidine rings is 1. The highest BCUT2D eigenvalue weighted by atomic mass is 35.5. The molecular formula is C34H50ClN5. The van der Waals surface area contributed by atoms with Gasteiger partial charge in [-0.15, -0.1) is 0 Å². The van der Waals surface area contributed by atoms with Crippen LogP contribution < -0.4 is 0 Å². The van der Waals surface area contributed by atoms with Gasteiger partial charge in [0.1, 0.15) is 5.84 Å². The first-order valence-corrected chi connectivity index (χ1v) is 15.3. The Labute approximate surface area is 248 Å². The monoisotopic (exact) mass is 563 g/mol. The van der Waals surface area contributed by atoms with Gasteiger partial charge >= 0.3 is 0 Å². The number of hydrogen-bond donors (Lipinski definition) is 0. The van der Waals surface area contributed by atoms with Crippen molar-refractivity contribution in [2.45, 2.75) is 78.7 Å². The summed E-state index contributed by atoms with van der Waals surface area (Å²) in [7, 11) is 4.03. The van der Waals surface area contributed by atoms with Crippen molar-refractivity contribution >= 4 is 28.8 Å². The fourth-order valence-corrected chi connectivity index (χ4v) is 5.62. The lowest BCUT2D eigenvalue weighted by Crippen LogP contribution is -2.43. The summed E-state index contributed by atoms with van der Waals surface area (Å²) in [5.41, 5.74) is 7.87. The van der Waals surface area contributed by atoms with E-state index < -0.39 is 0 Å². The molecule has 0 bridgehead atoms. The zero-order valence-electron chi connectivity index (χ0n) is 25.8. The molecule has 2 aliphatic rings. The van der Waals surface area contributed by atoms with Crippen LogP contribution in [0.1, 0.15) is 77.3 Å². The molecule has 2 fully saturated rings. The Morgan fingerprint density at radius 1 is 1.10 bits per heavy atom. The molecule has 3 rings (SSSR count). The van der Waals surface area contributed by atoms with Gasteiger partial charge in [0.25, 0.3) is 0 Å². The van der Waals surface area contributed by atoms with E-state index in [-0.39, 0.29) is 6.04 Å². The Balaban J connectivity index is 1.86. The Morgan fingerprint density at radius 2 is 1.85 bits per heavy atom. The molecule has 0 aliphatic carbocycles. The number of aliphatic imine (C=N–C) groups is 2. The van der Waals surface area contributed by atoms with E-state index >= 15 is 0 Å². The second-order valence-electron chi connectivity index (χ2n) is 11.4. The Bertz CT molecular complexity index is 1170. The second-order valence-corrected chi connectivity index (χ2v) is 11.8. The molecule has 0 saturated carbocycles. The first kappa shape index (κ1) is 31.7. The van der Waals surface area contributed by atoms with Crippen molar-refractivity contribution in [3.8, 4) is 0 Å². The van der Waals surface area contributed by atoms with E-state index in [2.05, 4.69) is 86.9 Å². The Morgan fingerprint density at radius 3 is 2.48 bits per heavy atom. The van der Waals surface area contributed by atoms with Gasteiger partial charge < -0.3 is 14.7 Å². The quantitative estimate of drug-likeness (QED) is 0.191. The van der Waals surface area contributed by atoms with Crippen LogP contribution in [0.2, 0.25) is 5.02 Å². The number of halogens is 1. The highest BCUT2D eigenvalue weighted by molar-refractivity contribution is 6.30. The van der Waals surface area contributed by atoms with E-state index in [1.165, 1.54) is 24.0 Å². The van der Waals surface area contributed by atoms with Crippen LogP contribution >= 0.6 is 11.6 Å². The maximum atomic E-state index is 6.53. The number of rotatable bonds is 12. The van der Waals surface area contributed by atoms with Crippen LogP contribution in [0.15, 0.2) is 70.5 Å². The zero-order valence-corrected chi connectivity index (χ0v) is 26.5. The second kappa shape index (κ2) is 15.3. The lowest BCUT2D eigenvalue weighted by atomic mass is 9.93. The number of likely N-dealkylation sites (tertiary alicyclic amines) is 2. The minimum Gasteiger partial charge on any atom is -0.378 e. The van der Waals surface area contributed by atoms with Crippen LogP contribution in [0.3, 0.4) is 0 Å². The highest BCUT2D eigenvalue weighted by Gasteiger charge is 2.28. The van der Waals surface area contributed by atoms with Gasteiger partial charge in [-0.1, -0.05) is 43.3 Å². The molecule has 0 N–H and O–H groups in total. The molecule has 1 atom stereocenters. The van der Waals surface area contributed by atoms with E-state index in [9.17, 15) is 0 Å². The van der Waals surface area contributed by atoms with Gasteiger partial charge in [-0.3, -0.25) is 4.99 Å². The standard InChI is InChI=1S/C34H50ClN5/c1-9-18-38(8)27(5)14-15-29-16-17-30(35)24-31(29)28(6)40-21-11-10-13-33(40)32(36-7)23-26(4)37-34(22-25(2)3)39-19-12-20-39/h16-17,22-24,33H,5-6,9-15,18-21H2,1-4,7-8H3/b26-23+,36-32+,37-34+. The number of nitrogens with zero attached hydrogens (tertiary/aromatic N) is 5. The van der Waals surface area contributed by atoms with E-state index in [0.29, 0.717) is 0 Å². The highest BCUT2D eigenvalue weighted by Crippen LogP contribution is 2.32. The van der Waals surface area contributed by atoms with Gasteiger partial charge in [0, 0.05) is 68.0 Å². The summed E-state index contributed by atoms with van der Waals surface area (Å²) in [6.45, 7) is 21.6. The summed E-state index contributed by atoms with van der Waals surface area (Å²) in [6, 6.07) is 6.38. The molecule has 1 aromatic rings. The first-order valence-electron chi connectivity index (χ1n) is 14.9. The number of aryl methyl sites for hydroxylation is 1. The average molecular weight is 564 g/mol. The van der Waals surface area contributed by atoms with Crippen LogP contribution in [0, 0.1) is 0 Å².